The van der Waals surface area contributed by atoms with Crippen LogP contribution in [0.1, 0.15) is 0 Å². The molecule has 3 heterocycles. The van der Waals surface area contributed by atoms with Crippen LogP contribution in [-0.2, 0) is 0 Å². The number of para-hydroxylation sites is 4. The molecule has 0 saturated carbocycles. The van der Waals surface area contributed by atoms with Gasteiger partial charge in [-0.25, -0.2) is 0 Å². The molecule has 4 heteroatoms. The van der Waals surface area contributed by atoms with E-state index in [0.717, 1.165) is 72.1 Å². The maximum Gasteiger partial charge on any atom is 0.159 e. The van der Waals surface area contributed by atoms with Crippen molar-refractivity contribution < 1.29 is 8.83 Å². The fourth-order valence-electron chi connectivity index (χ4n) is 8.01. The van der Waals surface area contributed by atoms with E-state index in [1.165, 1.54) is 31.3 Å². The second-order valence-electron chi connectivity index (χ2n) is 13.2. The third-order valence-corrected chi connectivity index (χ3v) is 11.5. The molecular weight excluding hydrogens is 655 g/mol. The van der Waals surface area contributed by atoms with Gasteiger partial charge in [0.05, 0.1) is 16.8 Å². The first-order chi connectivity index (χ1) is 25.8. The molecule has 3 aromatic heterocycles. The van der Waals surface area contributed by atoms with Gasteiger partial charge in [0.1, 0.15) is 16.7 Å². The lowest BCUT2D eigenvalue weighted by molar-refractivity contribution is 0.668. The molecule has 0 spiro atoms. The summed E-state index contributed by atoms with van der Waals surface area (Å²) in [5.74, 6) is 0. The van der Waals surface area contributed by atoms with Gasteiger partial charge in [0.15, 0.2) is 5.58 Å². The van der Waals surface area contributed by atoms with Gasteiger partial charge in [-0.2, -0.15) is 0 Å². The van der Waals surface area contributed by atoms with E-state index in [-0.39, 0.29) is 0 Å². The molecule has 0 unspecified atom stereocenters. The fourth-order valence-corrected chi connectivity index (χ4v) is 9.25. The highest BCUT2D eigenvalue weighted by Crippen LogP contribution is 2.50. The summed E-state index contributed by atoms with van der Waals surface area (Å²) in [5, 5.41) is 6.90. The van der Waals surface area contributed by atoms with Gasteiger partial charge in [0.2, 0.25) is 0 Å². The lowest BCUT2D eigenvalue weighted by Crippen LogP contribution is -2.10. The van der Waals surface area contributed by atoms with Crippen LogP contribution in [0.2, 0.25) is 0 Å². The molecule has 244 valence electrons. The number of thiophene rings is 1. The molecule has 0 amide bonds. The zero-order valence-electron chi connectivity index (χ0n) is 27.9. The number of rotatable bonds is 5. The highest BCUT2D eigenvalue weighted by Gasteiger charge is 2.25. The molecule has 11 aromatic rings. The molecule has 11 rings (SSSR count). The van der Waals surface area contributed by atoms with Gasteiger partial charge in [-0.3, -0.25) is 0 Å². The summed E-state index contributed by atoms with van der Waals surface area (Å²) in [4.78, 5) is 2.32. The van der Waals surface area contributed by atoms with Crippen molar-refractivity contribution in [1.82, 2.24) is 0 Å². The van der Waals surface area contributed by atoms with Crippen LogP contribution in [-0.4, -0.2) is 0 Å². The zero-order chi connectivity index (χ0) is 34.2. The molecule has 0 radical (unpaired) electrons. The predicted molar refractivity (Wildman–Crippen MR) is 219 cm³/mol. The summed E-state index contributed by atoms with van der Waals surface area (Å²) in [6.07, 6.45) is 0. The average Bonchev–Trinajstić information content (AvgIpc) is 3.91. The predicted octanol–water partition coefficient (Wildman–Crippen LogP) is 14.7. The summed E-state index contributed by atoms with van der Waals surface area (Å²) in [6.45, 7) is 0. The summed E-state index contributed by atoms with van der Waals surface area (Å²) in [5.41, 5.74) is 11.0. The van der Waals surface area contributed by atoms with Crippen LogP contribution >= 0.6 is 11.3 Å². The highest BCUT2D eigenvalue weighted by atomic mass is 32.1. The molecule has 0 aliphatic rings. The number of hydrogen-bond donors (Lipinski definition) is 0. The minimum atomic E-state index is 0.847. The Bertz CT molecular complexity index is 3150. The monoisotopic (exact) mass is 683 g/mol. The van der Waals surface area contributed by atoms with E-state index in [0.29, 0.717) is 0 Å². The molecule has 0 fully saturated rings. The van der Waals surface area contributed by atoms with Gasteiger partial charge in [-0.15, -0.1) is 11.3 Å². The summed E-state index contributed by atoms with van der Waals surface area (Å²) in [6, 6.07) is 62.2. The van der Waals surface area contributed by atoms with E-state index in [1.807, 2.05) is 29.5 Å². The number of furan rings is 2. The summed E-state index contributed by atoms with van der Waals surface area (Å²) >= 11 is 1.86. The molecule has 0 aliphatic carbocycles. The molecule has 0 atom stereocenters. The Morgan fingerprint density at radius 2 is 0.962 bits per heavy atom. The molecule has 0 bridgehead atoms. The Morgan fingerprint density at radius 3 is 1.81 bits per heavy atom. The standard InChI is InChI=1S/C48H29NO2S/c1-2-14-30(15-3-1)49(41-24-13-21-35-33-18-6-9-25-42(33)50-46(35)41)40-29-28-36(47-45(40)39-20-7-10-26-43(39)51-47)31-16-4-5-17-32(31)37-22-12-23-38-34-19-8-11-27-44(34)52-48(37)38/h1-29H. The number of benzene rings is 8. The largest absolute Gasteiger partial charge is 0.455 e. The topological polar surface area (TPSA) is 29.5 Å². The number of anilines is 3. The molecular formula is C48H29NO2S. The third-order valence-electron chi connectivity index (χ3n) is 10.3. The van der Waals surface area contributed by atoms with Crippen molar-refractivity contribution in [2.24, 2.45) is 0 Å². The Kier molecular flexibility index (Phi) is 6.42. The minimum Gasteiger partial charge on any atom is -0.455 e. The van der Waals surface area contributed by atoms with Crippen LogP contribution in [0, 0.1) is 0 Å². The molecule has 0 aliphatic heterocycles. The first-order valence-corrected chi connectivity index (χ1v) is 18.3. The lowest BCUT2D eigenvalue weighted by atomic mass is 9.92. The fraction of sp³-hybridized carbons (Fsp3) is 0. The first kappa shape index (κ1) is 29.1. The van der Waals surface area contributed by atoms with Gasteiger partial charge in [-0.05, 0) is 59.7 Å². The molecule has 3 nitrogen and oxygen atoms in total. The lowest BCUT2D eigenvalue weighted by Gasteiger charge is -2.26. The van der Waals surface area contributed by atoms with Crippen molar-refractivity contribution in [3.05, 3.63) is 176 Å². The third kappa shape index (κ3) is 4.31. The van der Waals surface area contributed by atoms with E-state index in [9.17, 15) is 0 Å². The molecule has 0 N–H and O–H groups in total. The van der Waals surface area contributed by atoms with Gasteiger partial charge in [-0.1, -0.05) is 127 Å². The van der Waals surface area contributed by atoms with Gasteiger partial charge in [0, 0.05) is 53.1 Å². The van der Waals surface area contributed by atoms with Crippen molar-refractivity contribution in [2.45, 2.75) is 0 Å². The maximum atomic E-state index is 6.91. The Hall–Kier alpha value is -6.62. The number of hydrogen-bond acceptors (Lipinski definition) is 4. The van der Waals surface area contributed by atoms with Crippen LogP contribution in [0.3, 0.4) is 0 Å². The molecule has 8 aromatic carbocycles. The number of nitrogens with zero attached hydrogens (tertiary/aromatic N) is 1. The number of fused-ring (bicyclic) bond motifs is 9. The Labute approximate surface area is 303 Å². The van der Waals surface area contributed by atoms with E-state index in [1.54, 1.807) is 0 Å². The second kappa shape index (κ2) is 11.5. The van der Waals surface area contributed by atoms with Crippen molar-refractivity contribution in [1.29, 1.82) is 0 Å². The highest BCUT2D eigenvalue weighted by molar-refractivity contribution is 7.26. The van der Waals surface area contributed by atoms with Crippen molar-refractivity contribution in [2.75, 3.05) is 4.90 Å². The van der Waals surface area contributed by atoms with E-state index >= 15 is 0 Å². The zero-order valence-corrected chi connectivity index (χ0v) is 28.7. The SMILES string of the molecule is c1ccc(N(c2cccc3c2oc2ccccc23)c2ccc(-c3ccccc3-c3cccc4c3sc3ccccc34)c3oc4ccccc4c23)cc1. The Balaban J connectivity index is 1.20. The van der Waals surface area contributed by atoms with E-state index in [2.05, 4.69) is 163 Å². The van der Waals surface area contributed by atoms with Crippen molar-refractivity contribution in [3.63, 3.8) is 0 Å². The summed E-state index contributed by atoms with van der Waals surface area (Å²) in [7, 11) is 0. The van der Waals surface area contributed by atoms with Crippen molar-refractivity contribution >= 4 is 92.4 Å². The Morgan fingerprint density at radius 1 is 0.365 bits per heavy atom. The smallest absolute Gasteiger partial charge is 0.159 e. The van der Waals surface area contributed by atoms with Crippen LogP contribution in [0.4, 0.5) is 17.1 Å². The average molecular weight is 684 g/mol. The van der Waals surface area contributed by atoms with Crippen LogP contribution in [0.25, 0.3) is 86.3 Å². The summed E-state index contributed by atoms with van der Waals surface area (Å²) < 4.78 is 16.1. The van der Waals surface area contributed by atoms with Crippen LogP contribution < -0.4 is 4.90 Å². The molecule has 0 saturated heterocycles. The first-order valence-electron chi connectivity index (χ1n) is 17.5. The van der Waals surface area contributed by atoms with Gasteiger partial charge >= 0.3 is 0 Å². The molecule has 52 heavy (non-hydrogen) atoms. The quantitative estimate of drug-likeness (QED) is 0.181. The minimum absolute atomic E-state index is 0.847. The van der Waals surface area contributed by atoms with E-state index < -0.39 is 0 Å². The van der Waals surface area contributed by atoms with Gasteiger partial charge < -0.3 is 13.7 Å². The van der Waals surface area contributed by atoms with Gasteiger partial charge in [0.25, 0.3) is 0 Å². The van der Waals surface area contributed by atoms with Crippen LogP contribution in [0.15, 0.2) is 185 Å². The van der Waals surface area contributed by atoms with Crippen molar-refractivity contribution in [3.8, 4) is 22.3 Å². The maximum absolute atomic E-state index is 6.91. The van der Waals surface area contributed by atoms with Crippen LogP contribution in [0.5, 0.6) is 0 Å². The normalized spacial score (nSPS) is 11.8. The second-order valence-corrected chi connectivity index (χ2v) is 14.2. The van der Waals surface area contributed by atoms with E-state index in [4.69, 9.17) is 8.83 Å².